The van der Waals surface area contributed by atoms with Crippen LogP contribution in [0.1, 0.15) is 26.5 Å². The molecule has 0 N–H and O–H groups in total. The number of amides is 1. The molecular formula is C25H22N2O4S. The van der Waals surface area contributed by atoms with E-state index in [4.69, 9.17) is 13.9 Å². The first kappa shape index (κ1) is 20.3. The third-order valence-electron chi connectivity index (χ3n) is 5.50. The fourth-order valence-electron chi connectivity index (χ4n) is 3.77. The average Bonchev–Trinajstić information content (AvgIpc) is 3.54. The molecule has 7 heteroatoms. The molecule has 0 saturated heterocycles. The van der Waals surface area contributed by atoms with Crippen LogP contribution >= 0.6 is 11.3 Å². The van der Waals surface area contributed by atoms with Gasteiger partial charge in [0.05, 0.1) is 13.4 Å². The predicted octanol–water partition coefficient (Wildman–Crippen LogP) is 5.19. The van der Waals surface area contributed by atoms with Gasteiger partial charge in [0.1, 0.15) is 28.8 Å². The maximum absolute atomic E-state index is 13.0. The predicted molar refractivity (Wildman–Crippen MR) is 122 cm³/mol. The Bertz CT molecular complexity index is 1220. The molecule has 2 aromatic heterocycles. The number of fused-ring (bicyclic) bond motifs is 1. The highest BCUT2D eigenvalue weighted by Gasteiger charge is 2.22. The second-order valence-electron chi connectivity index (χ2n) is 7.53. The molecule has 0 saturated carbocycles. The van der Waals surface area contributed by atoms with Crippen LogP contribution in [0.5, 0.6) is 11.5 Å². The number of thiazole rings is 1. The number of hydrogen-bond acceptors (Lipinski definition) is 6. The van der Waals surface area contributed by atoms with Crippen molar-refractivity contribution in [2.75, 3.05) is 13.7 Å². The van der Waals surface area contributed by atoms with Gasteiger partial charge in [-0.2, -0.15) is 0 Å². The molecule has 1 aliphatic heterocycles. The second kappa shape index (κ2) is 8.88. The Morgan fingerprint density at radius 1 is 1.12 bits per heavy atom. The van der Waals surface area contributed by atoms with Gasteiger partial charge in [0.15, 0.2) is 5.76 Å². The zero-order valence-corrected chi connectivity index (χ0v) is 18.4. The van der Waals surface area contributed by atoms with Crippen molar-refractivity contribution >= 4 is 17.2 Å². The van der Waals surface area contributed by atoms with Crippen molar-refractivity contribution < 1.29 is 18.7 Å². The van der Waals surface area contributed by atoms with Crippen LogP contribution in [-0.4, -0.2) is 29.4 Å². The van der Waals surface area contributed by atoms with Crippen LogP contribution in [-0.2, 0) is 19.6 Å². The van der Waals surface area contributed by atoms with E-state index in [0.717, 1.165) is 28.6 Å². The maximum atomic E-state index is 13.0. The molecule has 5 rings (SSSR count). The van der Waals surface area contributed by atoms with Gasteiger partial charge >= 0.3 is 0 Å². The summed E-state index contributed by atoms with van der Waals surface area (Å²) in [7, 11) is 1.67. The van der Waals surface area contributed by atoms with Gasteiger partial charge in [-0.05, 0) is 66.1 Å². The van der Waals surface area contributed by atoms with Crippen LogP contribution in [0, 0.1) is 0 Å². The molecule has 0 bridgehead atoms. The van der Waals surface area contributed by atoms with E-state index in [1.807, 2.05) is 58.8 Å². The summed E-state index contributed by atoms with van der Waals surface area (Å²) in [6.07, 6.45) is 2.46. The lowest BCUT2D eigenvalue weighted by molar-refractivity contribution is 0.0734. The molecule has 0 atom stereocenters. The average molecular weight is 447 g/mol. The minimum absolute atomic E-state index is 0.0287. The highest BCUT2D eigenvalue weighted by Crippen LogP contribution is 2.26. The molecule has 2 aromatic carbocycles. The zero-order chi connectivity index (χ0) is 21.9. The number of nitrogens with zero attached hydrogens (tertiary/aromatic N) is 2. The summed E-state index contributed by atoms with van der Waals surface area (Å²) in [6, 6.07) is 17.1. The van der Waals surface area contributed by atoms with E-state index >= 15 is 0 Å². The van der Waals surface area contributed by atoms with Crippen molar-refractivity contribution in [1.29, 1.82) is 0 Å². The molecule has 0 aliphatic carbocycles. The molecule has 0 spiro atoms. The summed E-state index contributed by atoms with van der Waals surface area (Å²) in [5.41, 5.74) is 3.88. The van der Waals surface area contributed by atoms with E-state index < -0.39 is 0 Å². The summed E-state index contributed by atoms with van der Waals surface area (Å²) < 4.78 is 16.5. The lowest BCUT2D eigenvalue weighted by Crippen LogP contribution is -2.35. The number of benzene rings is 2. The minimum atomic E-state index is 0.0287. The largest absolute Gasteiger partial charge is 0.497 e. The highest BCUT2D eigenvalue weighted by molar-refractivity contribution is 7.09. The highest BCUT2D eigenvalue weighted by atomic mass is 32.1. The van der Waals surface area contributed by atoms with Gasteiger partial charge in [-0.15, -0.1) is 11.3 Å². The monoisotopic (exact) mass is 446 g/mol. The first-order chi connectivity index (χ1) is 15.7. The number of furan rings is 1. The molecule has 4 aromatic rings. The van der Waals surface area contributed by atoms with E-state index in [-0.39, 0.29) is 5.91 Å². The number of aromatic nitrogens is 1. The van der Waals surface area contributed by atoms with E-state index in [9.17, 15) is 4.79 Å². The lowest BCUT2D eigenvalue weighted by Gasteiger charge is -2.29. The van der Waals surface area contributed by atoms with Crippen LogP contribution in [0.3, 0.4) is 0 Å². The van der Waals surface area contributed by atoms with Gasteiger partial charge in [-0.1, -0.05) is 6.07 Å². The zero-order valence-electron chi connectivity index (χ0n) is 17.6. The Morgan fingerprint density at radius 2 is 1.97 bits per heavy atom. The van der Waals surface area contributed by atoms with Gasteiger partial charge in [-0.3, -0.25) is 4.79 Å². The normalized spacial score (nSPS) is 13.0. The quantitative estimate of drug-likeness (QED) is 0.408. The minimum Gasteiger partial charge on any atom is -0.497 e. The Hall–Kier alpha value is -3.58. The summed E-state index contributed by atoms with van der Waals surface area (Å²) in [5, 5.41) is 2.81. The fourth-order valence-corrected chi connectivity index (χ4v) is 4.46. The van der Waals surface area contributed by atoms with Crippen molar-refractivity contribution in [2.24, 2.45) is 0 Å². The van der Waals surface area contributed by atoms with Crippen molar-refractivity contribution in [1.82, 2.24) is 9.88 Å². The van der Waals surface area contributed by atoms with Crippen LogP contribution < -0.4 is 9.47 Å². The number of methoxy groups -OCH3 is 1. The van der Waals surface area contributed by atoms with Crippen LogP contribution in [0.4, 0.5) is 0 Å². The Labute approximate surface area is 190 Å². The van der Waals surface area contributed by atoms with E-state index in [1.54, 1.807) is 13.4 Å². The summed E-state index contributed by atoms with van der Waals surface area (Å²) in [6.45, 7) is 1.67. The third kappa shape index (κ3) is 4.24. The number of hydrogen-bond donors (Lipinski definition) is 0. The summed E-state index contributed by atoms with van der Waals surface area (Å²) >= 11 is 1.53. The standard InChI is InChI=1S/C25H22N2O4S/c1-29-21-9-6-19-14-27(11-10-18(19)13-21)25(28)17-4-7-20(8-5-17)31-15-24-26-22(16-32-24)23-3-2-12-30-23/h2-9,12-13,16H,10-11,14-15H2,1H3. The molecule has 0 unspecified atom stereocenters. The molecule has 162 valence electrons. The second-order valence-corrected chi connectivity index (χ2v) is 8.47. The Morgan fingerprint density at radius 3 is 2.75 bits per heavy atom. The van der Waals surface area contributed by atoms with Crippen molar-refractivity contribution in [3.63, 3.8) is 0 Å². The molecule has 3 heterocycles. The maximum Gasteiger partial charge on any atom is 0.254 e. The van der Waals surface area contributed by atoms with Gasteiger partial charge in [-0.25, -0.2) is 4.98 Å². The topological polar surface area (TPSA) is 64.8 Å². The molecule has 6 nitrogen and oxygen atoms in total. The summed E-state index contributed by atoms with van der Waals surface area (Å²) in [4.78, 5) is 19.4. The van der Waals surface area contributed by atoms with Gasteiger partial charge in [0.2, 0.25) is 0 Å². The third-order valence-corrected chi connectivity index (χ3v) is 6.32. The fraction of sp³-hybridized carbons (Fsp3) is 0.200. The lowest BCUT2D eigenvalue weighted by atomic mass is 9.99. The number of ether oxygens (including phenoxy) is 2. The first-order valence-corrected chi connectivity index (χ1v) is 11.2. The Balaban J connectivity index is 1.19. The summed E-state index contributed by atoms with van der Waals surface area (Å²) in [5.74, 6) is 2.33. The van der Waals surface area contributed by atoms with E-state index in [2.05, 4.69) is 11.1 Å². The molecule has 1 amide bonds. The van der Waals surface area contributed by atoms with Gasteiger partial charge < -0.3 is 18.8 Å². The molecule has 1 aliphatic rings. The molecule has 0 radical (unpaired) electrons. The smallest absolute Gasteiger partial charge is 0.254 e. The SMILES string of the molecule is COc1ccc2c(c1)CCN(C(=O)c1ccc(OCc3nc(-c4ccco4)cs3)cc1)C2. The molecule has 0 fully saturated rings. The van der Waals surface area contributed by atoms with Crippen LogP contribution in [0.25, 0.3) is 11.5 Å². The first-order valence-electron chi connectivity index (χ1n) is 10.4. The van der Waals surface area contributed by atoms with Crippen LogP contribution in [0.15, 0.2) is 70.7 Å². The van der Waals surface area contributed by atoms with Crippen molar-refractivity contribution in [3.8, 4) is 23.0 Å². The van der Waals surface area contributed by atoms with Crippen LogP contribution in [0.2, 0.25) is 0 Å². The number of carbonyl (C=O) groups excluding carboxylic acids is 1. The molecule has 32 heavy (non-hydrogen) atoms. The van der Waals surface area contributed by atoms with Crippen molar-refractivity contribution in [2.45, 2.75) is 19.6 Å². The van der Waals surface area contributed by atoms with E-state index in [1.165, 1.54) is 22.5 Å². The van der Waals surface area contributed by atoms with Gasteiger partial charge in [0, 0.05) is 24.0 Å². The van der Waals surface area contributed by atoms with Gasteiger partial charge in [0.25, 0.3) is 5.91 Å². The van der Waals surface area contributed by atoms with Crippen molar-refractivity contribution in [3.05, 3.63) is 87.9 Å². The molecular weight excluding hydrogens is 424 g/mol. The van der Waals surface area contributed by atoms with E-state index in [0.29, 0.717) is 31.0 Å². The number of rotatable bonds is 6. The Kier molecular flexibility index (Phi) is 5.64. The number of carbonyl (C=O) groups is 1.